The lowest BCUT2D eigenvalue weighted by Gasteiger charge is -2.26. The quantitative estimate of drug-likeness (QED) is 0.666. The molecule has 31 heavy (non-hydrogen) atoms. The van der Waals surface area contributed by atoms with Crippen molar-refractivity contribution in [2.45, 2.75) is 63.5 Å². The van der Waals surface area contributed by atoms with Gasteiger partial charge < -0.3 is 5.11 Å². The zero-order valence-electron chi connectivity index (χ0n) is 16.7. The van der Waals surface area contributed by atoms with Crippen LogP contribution < -0.4 is 0 Å². The fourth-order valence-corrected chi connectivity index (χ4v) is 5.08. The van der Waals surface area contributed by atoms with Crippen molar-refractivity contribution in [2.24, 2.45) is 5.92 Å². The average molecular weight is 455 g/mol. The predicted molar refractivity (Wildman–Crippen MR) is 107 cm³/mol. The van der Waals surface area contributed by atoms with E-state index < -0.39 is 29.2 Å². The number of benzene rings is 1. The van der Waals surface area contributed by atoms with Crippen molar-refractivity contribution in [2.75, 3.05) is 0 Å². The molecule has 9 heteroatoms. The van der Waals surface area contributed by atoms with Gasteiger partial charge in [-0.2, -0.15) is 18.3 Å². The van der Waals surface area contributed by atoms with E-state index in [9.17, 15) is 27.9 Å². The summed E-state index contributed by atoms with van der Waals surface area (Å²) in [5.74, 6) is -2.06. The summed E-state index contributed by atoms with van der Waals surface area (Å²) in [5.41, 5.74) is 0.647. The number of alkyl halides is 3. The number of hydrogen-bond acceptors (Lipinski definition) is 3. The van der Waals surface area contributed by atoms with Gasteiger partial charge in [0.15, 0.2) is 0 Å². The Hall–Kier alpha value is -2.35. The van der Waals surface area contributed by atoms with Gasteiger partial charge in [0.1, 0.15) is 0 Å². The second kappa shape index (κ2) is 8.30. The number of nitrogens with zero attached hydrogens (tertiary/aromatic N) is 2. The maximum atomic E-state index is 13.6. The topological polar surface area (TPSA) is 72.2 Å². The van der Waals surface area contributed by atoms with Gasteiger partial charge in [-0.25, -0.2) is 4.68 Å². The molecule has 1 saturated carbocycles. The zero-order valence-corrected chi connectivity index (χ0v) is 17.5. The lowest BCUT2D eigenvalue weighted by molar-refractivity contribution is -0.143. The molecule has 0 unspecified atom stereocenters. The van der Waals surface area contributed by atoms with Crippen LogP contribution in [0.5, 0.6) is 0 Å². The first-order valence-electron chi connectivity index (χ1n) is 10.4. The van der Waals surface area contributed by atoms with Gasteiger partial charge in [-0.1, -0.05) is 17.7 Å². The first-order chi connectivity index (χ1) is 14.7. The van der Waals surface area contributed by atoms with Crippen LogP contribution in [0.4, 0.5) is 13.2 Å². The van der Waals surface area contributed by atoms with Crippen LogP contribution in [0.2, 0.25) is 5.02 Å². The predicted octanol–water partition coefficient (Wildman–Crippen LogP) is 5.48. The summed E-state index contributed by atoms with van der Waals surface area (Å²) < 4.78 is 41.8. The largest absolute Gasteiger partial charge is 0.481 e. The van der Waals surface area contributed by atoms with E-state index in [1.165, 1.54) is 12.1 Å². The first kappa shape index (κ1) is 21.9. The molecule has 0 amide bonds. The molecule has 0 spiro atoms. The summed E-state index contributed by atoms with van der Waals surface area (Å²) in [4.78, 5) is 24.5. The van der Waals surface area contributed by atoms with E-state index in [-0.39, 0.29) is 16.9 Å². The van der Waals surface area contributed by atoms with E-state index in [4.69, 9.17) is 11.6 Å². The minimum Gasteiger partial charge on any atom is -0.481 e. The van der Waals surface area contributed by atoms with Gasteiger partial charge in [0.2, 0.25) is 0 Å². The van der Waals surface area contributed by atoms with Crippen LogP contribution in [-0.2, 0) is 23.8 Å². The first-order valence-corrected chi connectivity index (χ1v) is 10.8. The molecule has 0 atom stereocenters. The minimum absolute atomic E-state index is 0.00447. The maximum absolute atomic E-state index is 13.6. The molecule has 0 saturated heterocycles. The van der Waals surface area contributed by atoms with Gasteiger partial charge >= 0.3 is 12.1 Å². The molecule has 1 heterocycles. The molecule has 1 fully saturated rings. The van der Waals surface area contributed by atoms with Crippen molar-refractivity contribution in [1.82, 2.24) is 9.78 Å². The number of carboxylic acid groups (broad SMARTS) is 1. The highest BCUT2D eigenvalue weighted by Crippen LogP contribution is 2.40. The third-order valence-electron chi connectivity index (χ3n) is 6.40. The van der Waals surface area contributed by atoms with E-state index in [1.807, 2.05) is 0 Å². The van der Waals surface area contributed by atoms with Crippen molar-refractivity contribution >= 4 is 23.5 Å². The molecule has 0 aliphatic heterocycles. The second-order valence-electron chi connectivity index (χ2n) is 8.28. The summed E-state index contributed by atoms with van der Waals surface area (Å²) in [6, 6.07) is 3.30. The molecular weight excluding hydrogens is 433 g/mol. The zero-order chi connectivity index (χ0) is 22.3. The fraction of sp³-hybridized carbons (Fsp3) is 0.500. The van der Waals surface area contributed by atoms with Crippen molar-refractivity contribution in [3.63, 3.8) is 0 Å². The third-order valence-corrected chi connectivity index (χ3v) is 6.71. The molecular formula is C22H22ClF3N2O3. The number of hydrogen-bond donors (Lipinski definition) is 1. The van der Waals surface area contributed by atoms with Crippen molar-refractivity contribution in [3.8, 4) is 0 Å². The maximum Gasteiger partial charge on any atom is 0.417 e. The standard InChI is InChI=1S/C22H22ClF3N2O3/c23-16-6-3-5-15(22(24,25)26)18(16)20(29)28-17-7-2-1-4-14(17)19(27-28)12-8-10-13(11-9-12)21(30)31/h3,5-6,12-13H,1-2,4,7-11H2,(H,30,31). The highest BCUT2D eigenvalue weighted by molar-refractivity contribution is 6.34. The molecule has 0 bridgehead atoms. The Morgan fingerprint density at radius 3 is 2.42 bits per heavy atom. The Morgan fingerprint density at radius 1 is 1.10 bits per heavy atom. The van der Waals surface area contributed by atoms with E-state index in [0.717, 1.165) is 34.8 Å². The second-order valence-corrected chi connectivity index (χ2v) is 8.69. The number of carboxylic acids is 1. The summed E-state index contributed by atoms with van der Waals surface area (Å²) >= 11 is 6.05. The smallest absolute Gasteiger partial charge is 0.417 e. The normalized spacial score (nSPS) is 21.5. The Labute approximate surface area is 182 Å². The Balaban J connectivity index is 1.74. The number of fused-ring (bicyclic) bond motifs is 1. The molecule has 1 N–H and O–H groups in total. The van der Waals surface area contributed by atoms with Gasteiger partial charge in [-0.15, -0.1) is 0 Å². The minimum atomic E-state index is -4.72. The molecule has 4 rings (SSSR count). The number of rotatable bonds is 3. The number of aromatic nitrogens is 2. The van der Waals surface area contributed by atoms with Gasteiger partial charge in [-0.05, 0) is 69.1 Å². The van der Waals surface area contributed by atoms with Crippen LogP contribution in [0.3, 0.4) is 0 Å². The van der Waals surface area contributed by atoms with E-state index in [1.54, 1.807) is 0 Å². The molecule has 2 aliphatic rings. The molecule has 1 aromatic heterocycles. The lowest BCUT2D eigenvalue weighted by atomic mass is 9.78. The highest BCUT2D eigenvalue weighted by atomic mass is 35.5. The monoisotopic (exact) mass is 454 g/mol. The summed E-state index contributed by atoms with van der Waals surface area (Å²) in [7, 11) is 0. The Morgan fingerprint density at radius 2 is 1.77 bits per heavy atom. The highest BCUT2D eigenvalue weighted by Gasteiger charge is 2.38. The number of aliphatic carboxylic acids is 1. The van der Waals surface area contributed by atoms with Crippen LogP contribution >= 0.6 is 11.6 Å². The average Bonchev–Trinajstić information content (AvgIpc) is 3.12. The van der Waals surface area contributed by atoms with Gasteiger partial charge in [0.05, 0.1) is 33.5 Å². The van der Waals surface area contributed by atoms with Crippen LogP contribution in [0.25, 0.3) is 0 Å². The van der Waals surface area contributed by atoms with Gasteiger partial charge in [-0.3, -0.25) is 9.59 Å². The van der Waals surface area contributed by atoms with Crippen molar-refractivity contribution in [1.29, 1.82) is 0 Å². The lowest BCUT2D eigenvalue weighted by Crippen LogP contribution is -2.23. The molecule has 2 aliphatic carbocycles. The molecule has 166 valence electrons. The fourth-order valence-electron chi connectivity index (χ4n) is 4.82. The van der Waals surface area contributed by atoms with E-state index in [2.05, 4.69) is 5.10 Å². The number of carbonyl (C=O) groups is 2. The summed E-state index contributed by atoms with van der Waals surface area (Å²) in [6.45, 7) is 0. The van der Waals surface area contributed by atoms with Crippen LogP contribution in [0.15, 0.2) is 18.2 Å². The SMILES string of the molecule is O=C(O)C1CCC(c2nn(C(=O)c3c(Cl)cccc3C(F)(F)F)c3c2CCCC3)CC1. The van der Waals surface area contributed by atoms with E-state index >= 15 is 0 Å². The van der Waals surface area contributed by atoms with Gasteiger partial charge in [0.25, 0.3) is 5.91 Å². The summed E-state index contributed by atoms with van der Waals surface area (Å²) in [6.07, 6.45) is 0.618. The number of halogens is 4. The van der Waals surface area contributed by atoms with Crippen LogP contribution in [0.1, 0.15) is 77.3 Å². The molecule has 2 aromatic rings. The Kier molecular flexibility index (Phi) is 5.85. The number of carbonyl (C=O) groups excluding carboxylic acids is 1. The van der Waals surface area contributed by atoms with Crippen molar-refractivity contribution < 1.29 is 27.9 Å². The summed E-state index contributed by atoms with van der Waals surface area (Å²) in [5, 5.41) is 13.5. The third kappa shape index (κ3) is 4.10. The molecule has 5 nitrogen and oxygen atoms in total. The Bertz CT molecular complexity index is 1020. The van der Waals surface area contributed by atoms with Crippen LogP contribution in [0, 0.1) is 5.92 Å². The van der Waals surface area contributed by atoms with Crippen molar-refractivity contribution in [3.05, 3.63) is 51.3 Å². The van der Waals surface area contributed by atoms with E-state index in [0.29, 0.717) is 44.2 Å². The van der Waals surface area contributed by atoms with Gasteiger partial charge in [0, 0.05) is 5.92 Å². The van der Waals surface area contributed by atoms with Crippen LogP contribution in [-0.4, -0.2) is 26.8 Å². The molecule has 0 radical (unpaired) electrons. The molecule has 1 aromatic carbocycles.